The number of piperidine rings is 1. The summed E-state index contributed by atoms with van der Waals surface area (Å²) in [5.74, 6) is 0. The van der Waals surface area contributed by atoms with Crippen molar-refractivity contribution in [3.8, 4) is 0 Å². The molecule has 1 aliphatic heterocycles. The summed E-state index contributed by atoms with van der Waals surface area (Å²) in [5.41, 5.74) is 1.24. The Bertz CT molecular complexity index is 271. The maximum Gasteiger partial charge on any atom is 0.0667 e. The van der Waals surface area contributed by atoms with Gasteiger partial charge in [-0.15, -0.1) is 0 Å². The van der Waals surface area contributed by atoms with Gasteiger partial charge in [-0.2, -0.15) is 0 Å². The number of likely N-dealkylation sites (tertiary alicyclic amines) is 1. The highest BCUT2D eigenvalue weighted by Crippen LogP contribution is 2.22. The van der Waals surface area contributed by atoms with Gasteiger partial charge in [0, 0.05) is 24.5 Å². The number of aliphatic hydroxyl groups excluding tert-OH is 1. The van der Waals surface area contributed by atoms with Gasteiger partial charge in [0.1, 0.15) is 0 Å². The van der Waals surface area contributed by atoms with Crippen molar-refractivity contribution in [2.45, 2.75) is 31.9 Å². The molecule has 2 heterocycles. The molecule has 1 aliphatic rings. The van der Waals surface area contributed by atoms with Crippen LogP contribution in [0.1, 0.15) is 31.5 Å². The third-order valence-electron chi connectivity index (χ3n) is 3.05. The van der Waals surface area contributed by atoms with Crippen molar-refractivity contribution in [2.75, 3.05) is 13.1 Å². The monoisotopic (exact) mass is 194 g/mol. The average Bonchev–Trinajstić information content (AvgIpc) is 2.69. The predicted octanol–water partition coefficient (Wildman–Crippen LogP) is 1.53. The van der Waals surface area contributed by atoms with Crippen LogP contribution in [0.25, 0.3) is 0 Å². The number of hydrogen-bond acceptors (Lipinski definition) is 2. The van der Waals surface area contributed by atoms with Gasteiger partial charge in [-0.05, 0) is 38.4 Å². The molecule has 2 N–H and O–H groups in total. The van der Waals surface area contributed by atoms with Gasteiger partial charge in [0.25, 0.3) is 0 Å². The van der Waals surface area contributed by atoms with Crippen molar-refractivity contribution in [3.63, 3.8) is 0 Å². The molecule has 1 aromatic heterocycles. The van der Waals surface area contributed by atoms with Crippen LogP contribution < -0.4 is 0 Å². The van der Waals surface area contributed by atoms with Crippen LogP contribution >= 0.6 is 0 Å². The maximum atomic E-state index is 9.57. The number of hydrogen-bond donors (Lipinski definition) is 2. The van der Waals surface area contributed by atoms with Gasteiger partial charge < -0.3 is 10.1 Å². The number of rotatable bonds is 2. The van der Waals surface area contributed by atoms with Crippen LogP contribution in [0.4, 0.5) is 0 Å². The molecular weight excluding hydrogens is 176 g/mol. The topological polar surface area (TPSA) is 39.3 Å². The Kier molecular flexibility index (Phi) is 2.89. The van der Waals surface area contributed by atoms with Crippen molar-refractivity contribution in [1.82, 2.24) is 9.88 Å². The molecule has 0 amide bonds. The number of aromatic amines is 1. The molecule has 0 radical (unpaired) electrons. The molecule has 3 heteroatoms. The first-order valence-electron chi connectivity index (χ1n) is 5.33. The molecule has 78 valence electrons. The van der Waals surface area contributed by atoms with Gasteiger partial charge >= 0.3 is 0 Å². The second kappa shape index (κ2) is 4.15. The number of nitrogens with one attached hydrogen (secondary N) is 1. The van der Waals surface area contributed by atoms with Crippen LogP contribution in [0, 0.1) is 0 Å². The van der Waals surface area contributed by atoms with E-state index < -0.39 is 0 Å². The summed E-state index contributed by atoms with van der Waals surface area (Å²) >= 11 is 0. The molecule has 0 saturated carbocycles. The van der Waals surface area contributed by atoms with E-state index in [1.807, 2.05) is 12.3 Å². The second-order valence-electron chi connectivity index (χ2n) is 4.09. The summed E-state index contributed by atoms with van der Waals surface area (Å²) in [5, 5.41) is 9.57. The number of H-pyrrole nitrogens is 1. The van der Waals surface area contributed by atoms with E-state index in [0.29, 0.717) is 6.04 Å². The number of β-amino-alcohol motifs (C(OH)–C–C–N with tert-alkyl or cyclic N) is 1. The van der Waals surface area contributed by atoms with Crippen LogP contribution in [0.5, 0.6) is 0 Å². The van der Waals surface area contributed by atoms with Gasteiger partial charge in [0.05, 0.1) is 6.10 Å². The Hall–Kier alpha value is -0.800. The fraction of sp³-hybridized carbons (Fsp3) is 0.636. The molecular formula is C11H18N2O. The second-order valence-corrected chi connectivity index (χ2v) is 4.09. The molecule has 1 fully saturated rings. The van der Waals surface area contributed by atoms with Crippen LogP contribution in [-0.2, 0) is 0 Å². The molecule has 0 aromatic carbocycles. The normalized spacial score (nSPS) is 26.3. The van der Waals surface area contributed by atoms with Gasteiger partial charge in [-0.3, -0.25) is 4.90 Å². The molecule has 0 bridgehead atoms. The summed E-state index contributed by atoms with van der Waals surface area (Å²) in [4.78, 5) is 5.56. The summed E-state index contributed by atoms with van der Waals surface area (Å²) in [7, 11) is 0. The fourth-order valence-corrected chi connectivity index (χ4v) is 2.14. The zero-order chi connectivity index (χ0) is 9.97. The van der Waals surface area contributed by atoms with E-state index in [1.165, 1.54) is 5.69 Å². The SMILES string of the molecule is CC(c1ccc[nH]1)N1CCC[C@H](O)C1. The molecule has 2 rings (SSSR count). The third-order valence-corrected chi connectivity index (χ3v) is 3.05. The Labute approximate surface area is 84.7 Å². The Balaban J connectivity index is 2.00. The van der Waals surface area contributed by atoms with Gasteiger partial charge in [0.15, 0.2) is 0 Å². The van der Waals surface area contributed by atoms with Gasteiger partial charge in [0.2, 0.25) is 0 Å². The summed E-state index contributed by atoms with van der Waals surface area (Å²) in [6.45, 7) is 4.08. The number of aliphatic hydroxyl groups is 1. The van der Waals surface area contributed by atoms with E-state index >= 15 is 0 Å². The Morgan fingerprint density at radius 3 is 3.14 bits per heavy atom. The molecule has 3 nitrogen and oxygen atoms in total. The van der Waals surface area contributed by atoms with Crippen molar-refractivity contribution in [3.05, 3.63) is 24.0 Å². The molecule has 0 spiro atoms. The van der Waals surface area contributed by atoms with E-state index in [9.17, 15) is 5.11 Å². The number of nitrogens with zero attached hydrogens (tertiary/aromatic N) is 1. The average molecular weight is 194 g/mol. The largest absolute Gasteiger partial charge is 0.392 e. The highest BCUT2D eigenvalue weighted by Gasteiger charge is 2.22. The van der Waals surface area contributed by atoms with E-state index in [0.717, 1.165) is 25.9 Å². The zero-order valence-electron chi connectivity index (χ0n) is 8.61. The Morgan fingerprint density at radius 2 is 2.50 bits per heavy atom. The van der Waals surface area contributed by atoms with Crippen molar-refractivity contribution in [2.24, 2.45) is 0 Å². The van der Waals surface area contributed by atoms with Gasteiger partial charge in [-0.25, -0.2) is 0 Å². The minimum Gasteiger partial charge on any atom is -0.392 e. The molecule has 1 unspecified atom stereocenters. The van der Waals surface area contributed by atoms with E-state index in [1.54, 1.807) is 0 Å². The van der Waals surface area contributed by atoms with Crippen LogP contribution in [-0.4, -0.2) is 34.2 Å². The van der Waals surface area contributed by atoms with E-state index in [4.69, 9.17) is 0 Å². The lowest BCUT2D eigenvalue weighted by Crippen LogP contribution is -2.39. The maximum absolute atomic E-state index is 9.57. The summed E-state index contributed by atoms with van der Waals surface area (Å²) in [6.07, 6.45) is 3.87. The summed E-state index contributed by atoms with van der Waals surface area (Å²) in [6, 6.07) is 4.51. The molecule has 14 heavy (non-hydrogen) atoms. The van der Waals surface area contributed by atoms with Crippen LogP contribution in [0.2, 0.25) is 0 Å². The van der Waals surface area contributed by atoms with Crippen molar-refractivity contribution >= 4 is 0 Å². The first-order chi connectivity index (χ1) is 6.77. The standard InChI is InChI=1S/C11H18N2O/c1-9(11-5-2-6-12-11)13-7-3-4-10(14)8-13/h2,5-6,9-10,12,14H,3-4,7-8H2,1H3/t9?,10-/m0/s1. The number of aromatic nitrogens is 1. The molecule has 1 aromatic rings. The molecule has 1 saturated heterocycles. The Morgan fingerprint density at radius 1 is 1.64 bits per heavy atom. The highest BCUT2D eigenvalue weighted by atomic mass is 16.3. The zero-order valence-corrected chi connectivity index (χ0v) is 8.61. The first kappa shape index (κ1) is 9.74. The molecule has 0 aliphatic carbocycles. The van der Waals surface area contributed by atoms with E-state index in [-0.39, 0.29) is 6.10 Å². The summed E-state index contributed by atoms with van der Waals surface area (Å²) < 4.78 is 0. The van der Waals surface area contributed by atoms with Gasteiger partial charge in [-0.1, -0.05) is 0 Å². The lowest BCUT2D eigenvalue weighted by molar-refractivity contribution is 0.0495. The predicted molar refractivity (Wildman–Crippen MR) is 56.0 cm³/mol. The third kappa shape index (κ3) is 1.99. The lowest BCUT2D eigenvalue weighted by atomic mass is 10.1. The van der Waals surface area contributed by atoms with Crippen molar-refractivity contribution in [1.29, 1.82) is 0 Å². The van der Waals surface area contributed by atoms with Crippen LogP contribution in [0.3, 0.4) is 0 Å². The quantitative estimate of drug-likeness (QED) is 0.749. The lowest BCUT2D eigenvalue weighted by Gasteiger charge is -2.34. The minimum absolute atomic E-state index is 0.138. The van der Waals surface area contributed by atoms with Crippen molar-refractivity contribution < 1.29 is 5.11 Å². The first-order valence-corrected chi connectivity index (χ1v) is 5.33. The highest BCUT2D eigenvalue weighted by molar-refractivity contribution is 5.08. The van der Waals surface area contributed by atoms with E-state index in [2.05, 4.69) is 22.9 Å². The fourth-order valence-electron chi connectivity index (χ4n) is 2.14. The smallest absolute Gasteiger partial charge is 0.0667 e. The van der Waals surface area contributed by atoms with Crippen LogP contribution in [0.15, 0.2) is 18.3 Å². The minimum atomic E-state index is -0.138. The molecule has 2 atom stereocenters.